The van der Waals surface area contributed by atoms with Gasteiger partial charge in [-0.3, -0.25) is 0 Å². The number of aromatic nitrogens is 1. The van der Waals surface area contributed by atoms with Crippen molar-refractivity contribution in [3.05, 3.63) is 40.4 Å². The number of nitrogens with one attached hydrogen (secondary N) is 1. The molecule has 2 aromatic rings. The van der Waals surface area contributed by atoms with E-state index in [1.807, 2.05) is 24.3 Å². The molecule has 0 saturated heterocycles. The molecule has 19 heavy (non-hydrogen) atoms. The van der Waals surface area contributed by atoms with Crippen LogP contribution in [0.25, 0.3) is 0 Å². The quantitative estimate of drug-likeness (QED) is 0.895. The van der Waals surface area contributed by atoms with Crippen molar-refractivity contribution >= 4 is 22.4 Å². The fourth-order valence-electron chi connectivity index (χ4n) is 1.62. The Morgan fingerprint density at radius 2 is 2.32 bits per heavy atom. The molecule has 0 atom stereocenters. The minimum Gasteiger partial charge on any atom is -0.544 e. The number of aromatic carboxylic acids is 1. The first-order chi connectivity index (χ1) is 9.10. The van der Waals surface area contributed by atoms with Crippen LogP contribution in [-0.4, -0.2) is 18.1 Å². The lowest BCUT2D eigenvalue weighted by molar-refractivity contribution is -0.254. The zero-order valence-corrected chi connectivity index (χ0v) is 11.4. The van der Waals surface area contributed by atoms with Crippen molar-refractivity contribution in [3.63, 3.8) is 0 Å². The van der Waals surface area contributed by atoms with Gasteiger partial charge in [0.1, 0.15) is 5.75 Å². The van der Waals surface area contributed by atoms with Gasteiger partial charge in [0.25, 0.3) is 0 Å². The van der Waals surface area contributed by atoms with Crippen LogP contribution in [0.3, 0.4) is 0 Å². The first-order valence-corrected chi connectivity index (χ1v) is 6.47. The highest BCUT2D eigenvalue weighted by Crippen LogP contribution is 2.22. The fourth-order valence-corrected chi connectivity index (χ4v) is 2.42. The van der Waals surface area contributed by atoms with Crippen molar-refractivity contribution in [1.82, 2.24) is 4.98 Å². The number of carboxylic acid groups (broad SMARTS) is 1. The maximum Gasteiger partial charge on any atom is 0.183 e. The molecular weight excluding hydrogens is 264 g/mol. The number of benzene rings is 1. The van der Waals surface area contributed by atoms with Gasteiger partial charge >= 0.3 is 0 Å². The Morgan fingerprint density at radius 3 is 2.95 bits per heavy atom. The third-order valence-corrected chi connectivity index (χ3v) is 3.66. The van der Waals surface area contributed by atoms with Crippen molar-refractivity contribution < 1.29 is 14.6 Å². The topological polar surface area (TPSA) is 74.3 Å². The Labute approximate surface area is 114 Å². The third-order valence-electron chi connectivity index (χ3n) is 2.56. The van der Waals surface area contributed by atoms with Crippen LogP contribution in [0.4, 0.5) is 5.13 Å². The van der Waals surface area contributed by atoms with Gasteiger partial charge < -0.3 is 20.0 Å². The molecule has 2 rings (SSSR count). The molecule has 1 aromatic carbocycles. The van der Waals surface area contributed by atoms with Gasteiger partial charge in [-0.15, -0.1) is 0 Å². The summed E-state index contributed by atoms with van der Waals surface area (Å²) in [5.74, 6) is -0.408. The maximum atomic E-state index is 10.8. The highest BCUT2D eigenvalue weighted by molar-refractivity contribution is 7.17. The van der Waals surface area contributed by atoms with Crippen LogP contribution in [-0.2, 0) is 6.54 Å². The second kappa shape index (κ2) is 5.71. The molecule has 0 spiro atoms. The Morgan fingerprint density at radius 1 is 1.53 bits per heavy atom. The molecule has 0 saturated carbocycles. The molecule has 0 fully saturated rings. The van der Waals surface area contributed by atoms with Crippen LogP contribution in [0.1, 0.15) is 20.9 Å². The first-order valence-electron chi connectivity index (χ1n) is 5.65. The van der Waals surface area contributed by atoms with Crippen LogP contribution >= 0.6 is 11.3 Å². The van der Waals surface area contributed by atoms with Gasteiger partial charge in [0.2, 0.25) is 0 Å². The van der Waals surface area contributed by atoms with Gasteiger partial charge in [0, 0.05) is 6.54 Å². The number of carboxylic acids is 1. The van der Waals surface area contributed by atoms with Crippen molar-refractivity contribution in [2.45, 2.75) is 13.5 Å². The number of carbonyl (C=O) groups excluding carboxylic acids is 1. The normalized spacial score (nSPS) is 10.2. The van der Waals surface area contributed by atoms with E-state index in [-0.39, 0.29) is 4.88 Å². The summed E-state index contributed by atoms with van der Waals surface area (Å²) in [6, 6.07) is 7.63. The summed E-state index contributed by atoms with van der Waals surface area (Å²) in [6.45, 7) is 2.20. The molecule has 6 heteroatoms. The van der Waals surface area contributed by atoms with Gasteiger partial charge in [-0.2, -0.15) is 0 Å². The molecule has 5 nitrogen and oxygen atoms in total. The molecule has 0 aliphatic rings. The maximum absolute atomic E-state index is 10.8. The summed E-state index contributed by atoms with van der Waals surface area (Å²) >= 11 is 1.08. The number of aryl methyl sites for hydroxylation is 1. The zero-order valence-electron chi connectivity index (χ0n) is 10.6. The van der Waals surface area contributed by atoms with Gasteiger partial charge in [-0.1, -0.05) is 23.5 Å². The van der Waals surface area contributed by atoms with Crippen molar-refractivity contribution in [3.8, 4) is 5.75 Å². The molecule has 0 aliphatic carbocycles. The Kier molecular flexibility index (Phi) is 4.01. The Hall–Kier alpha value is -2.08. The molecule has 0 unspecified atom stereocenters. The number of hydrogen-bond donors (Lipinski definition) is 1. The van der Waals surface area contributed by atoms with E-state index in [9.17, 15) is 9.90 Å². The van der Waals surface area contributed by atoms with E-state index < -0.39 is 5.97 Å². The predicted octanol–water partition coefficient (Wildman–Crippen LogP) is 1.44. The number of methoxy groups -OCH3 is 1. The number of rotatable bonds is 5. The van der Waals surface area contributed by atoms with E-state index in [2.05, 4.69) is 10.3 Å². The van der Waals surface area contributed by atoms with E-state index in [0.717, 1.165) is 22.6 Å². The Bertz CT molecular complexity index is 595. The standard InChI is InChI=1S/C13H14N2O3S/c1-8-11(12(16)17)19-13(15-8)14-7-9-4-3-5-10(6-9)18-2/h3-6H,7H2,1-2H3,(H,14,15)(H,16,17)/p-1. The minimum atomic E-state index is -1.19. The van der Waals surface area contributed by atoms with E-state index in [0.29, 0.717) is 17.4 Å². The predicted molar refractivity (Wildman–Crippen MR) is 71.5 cm³/mol. The second-order valence-electron chi connectivity index (χ2n) is 3.93. The van der Waals surface area contributed by atoms with Gasteiger partial charge in [0.15, 0.2) is 5.13 Å². The summed E-state index contributed by atoms with van der Waals surface area (Å²) in [7, 11) is 1.61. The van der Waals surface area contributed by atoms with Crippen LogP contribution in [0.15, 0.2) is 24.3 Å². The highest BCUT2D eigenvalue weighted by Gasteiger charge is 2.08. The lowest BCUT2D eigenvalue weighted by Crippen LogP contribution is -2.21. The molecule has 1 aromatic heterocycles. The highest BCUT2D eigenvalue weighted by atomic mass is 32.1. The molecule has 0 radical (unpaired) electrons. The molecule has 100 valence electrons. The minimum absolute atomic E-state index is 0.160. The number of thiazole rings is 1. The summed E-state index contributed by atoms with van der Waals surface area (Å²) in [5.41, 5.74) is 1.50. The van der Waals surface area contributed by atoms with E-state index in [1.165, 1.54) is 0 Å². The molecule has 0 amide bonds. The van der Waals surface area contributed by atoms with E-state index in [1.54, 1.807) is 14.0 Å². The zero-order chi connectivity index (χ0) is 13.8. The van der Waals surface area contributed by atoms with Crippen LogP contribution in [0.2, 0.25) is 0 Å². The largest absolute Gasteiger partial charge is 0.544 e. The average Bonchev–Trinajstić information content (AvgIpc) is 2.78. The molecule has 0 bridgehead atoms. The van der Waals surface area contributed by atoms with Crippen LogP contribution < -0.4 is 15.2 Å². The summed E-state index contributed by atoms with van der Waals surface area (Å²) in [4.78, 5) is 15.1. The molecule has 0 aliphatic heterocycles. The summed E-state index contributed by atoms with van der Waals surface area (Å²) in [5, 5.41) is 14.5. The monoisotopic (exact) mass is 277 g/mol. The van der Waals surface area contributed by atoms with Crippen LogP contribution in [0.5, 0.6) is 5.75 Å². The Balaban J connectivity index is 2.06. The number of carbonyl (C=O) groups is 1. The lowest BCUT2D eigenvalue weighted by atomic mass is 10.2. The molecule has 1 heterocycles. The number of anilines is 1. The smallest absolute Gasteiger partial charge is 0.183 e. The van der Waals surface area contributed by atoms with E-state index >= 15 is 0 Å². The van der Waals surface area contributed by atoms with Crippen molar-refractivity contribution in [2.75, 3.05) is 12.4 Å². The van der Waals surface area contributed by atoms with E-state index in [4.69, 9.17) is 4.74 Å². The van der Waals surface area contributed by atoms with Crippen LogP contribution in [0, 0.1) is 6.92 Å². The second-order valence-corrected chi connectivity index (χ2v) is 4.93. The van der Waals surface area contributed by atoms with Crippen molar-refractivity contribution in [1.29, 1.82) is 0 Å². The average molecular weight is 277 g/mol. The lowest BCUT2D eigenvalue weighted by Gasteiger charge is -2.05. The summed E-state index contributed by atoms with van der Waals surface area (Å²) < 4.78 is 5.13. The molecule has 1 N–H and O–H groups in total. The number of ether oxygens (including phenoxy) is 1. The fraction of sp³-hybridized carbons (Fsp3) is 0.231. The SMILES string of the molecule is COc1cccc(CNc2nc(C)c(C(=O)[O-])s2)c1. The number of hydrogen-bond acceptors (Lipinski definition) is 6. The first kappa shape index (κ1) is 13.4. The summed E-state index contributed by atoms with van der Waals surface area (Å²) in [6.07, 6.45) is 0. The third kappa shape index (κ3) is 3.23. The number of nitrogens with zero attached hydrogens (tertiary/aromatic N) is 1. The van der Waals surface area contributed by atoms with Crippen molar-refractivity contribution in [2.24, 2.45) is 0 Å². The molecular formula is C13H13N2O3S-. The van der Waals surface area contributed by atoms with Gasteiger partial charge in [-0.05, 0) is 24.6 Å². The van der Waals surface area contributed by atoms with Gasteiger partial charge in [-0.25, -0.2) is 4.98 Å². The van der Waals surface area contributed by atoms with Gasteiger partial charge in [0.05, 0.1) is 23.7 Å².